The molecule has 4 rings (SSSR count). The largest absolute Gasteiger partial charge is 0.334 e. The van der Waals surface area contributed by atoms with Crippen molar-refractivity contribution in [2.75, 3.05) is 31.1 Å². The monoisotopic (exact) mass is 415 g/mol. The zero-order valence-electron chi connectivity index (χ0n) is 16.5. The Morgan fingerprint density at radius 1 is 1.03 bits per heavy atom. The topological polar surface area (TPSA) is 35.6 Å². The van der Waals surface area contributed by atoms with E-state index in [0.29, 0.717) is 10.9 Å². The van der Waals surface area contributed by atoms with E-state index in [2.05, 4.69) is 10.2 Å². The highest BCUT2D eigenvalue weighted by molar-refractivity contribution is 6.31. The molecule has 6 heteroatoms. The van der Waals surface area contributed by atoms with Crippen molar-refractivity contribution in [1.82, 2.24) is 10.2 Å². The minimum absolute atomic E-state index is 0.0110. The Labute approximate surface area is 176 Å². The molecule has 29 heavy (non-hydrogen) atoms. The van der Waals surface area contributed by atoms with E-state index in [1.54, 1.807) is 12.1 Å². The predicted octanol–water partition coefficient (Wildman–Crippen LogP) is 4.72. The van der Waals surface area contributed by atoms with Crippen LogP contribution in [0.5, 0.6) is 0 Å². The number of nitrogens with zero attached hydrogens (tertiary/aromatic N) is 2. The van der Waals surface area contributed by atoms with Gasteiger partial charge in [-0.05, 0) is 80.6 Å². The van der Waals surface area contributed by atoms with E-state index in [1.165, 1.54) is 6.07 Å². The fraction of sp³-hybridized carbons (Fsp3) is 0.435. The van der Waals surface area contributed by atoms with E-state index in [9.17, 15) is 9.18 Å². The number of likely N-dealkylation sites (tertiary alicyclic amines) is 1. The number of hydrogen-bond donors (Lipinski definition) is 1. The minimum Gasteiger partial charge on any atom is -0.334 e. The highest BCUT2D eigenvalue weighted by atomic mass is 35.5. The maximum atomic E-state index is 13.5. The van der Waals surface area contributed by atoms with E-state index in [1.807, 2.05) is 35.2 Å². The summed E-state index contributed by atoms with van der Waals surface area (Å²) in [6, 6.07) is 14.6. The molecule has 154 valence electrons. The standard InChI is InChI=1S/C23H27ClFN3O/c24-22-7-6-19(25)15-18(22)14-17-8-11-27(12-9-17)16-20-10-13-28(23(29)26-20)21-4-2-1-3-5-21/h1-7,15,17,20H,8-14,16H2,(H,26,29). The highest BCUT2D eigenvalue weighted by Gasteiger charge is 2.28. The maximum absolute atomic E-state index is 13.5. The lowest BCUT2D eigenvalue weighted by molar-refractivity contribution is 0.162. The van der Waals surface area contributed by atoms with Crippen molar-refractivity contribution in [2.24, 2.45) is 5.92 Å². The van der Waals surface area contributed by atoms with Gasteiger partial charge >= 0.3 is 6.03 Å². The van der Waals surface area contributed by atoms with Crippen LogP contribution in [-0.2, 0) is 6.42 Å². The first-order valence-corrected chi connectivity index (χ1v) is 10.8. The van der Waals surface area contributed by atoms with Crippen molar-refractivity contribution in [2.45, 2.75) is 31.7 Å². The molecular formula is C23H27ClFN3O. The number of carbonyl (C=O) groups excluding carboxylic acids is 1. The van der Waals surface area contributed by atoms with Crippen LogP contribution in [-0.4, -0.2) is 43.2 Å². The summed E-state index contributed by atoms with van der Waals surface area (Å²) in [5.74, 6) is 0.305. The molecule has 1 unspecified atom stereocenters. The summed E-state index contributed by atoms with van der Waals surface area (Å²) in [5, 5.41) is 3.82. The number of benzene rings is 2. The molecule has 2 amide bonds. The molecule has 2 aliphatic heterocycles. The zero-order valence-corrected chi connectivity index (χ0v) is 17.2. The molecule has 0 bridgehead atoms. The van der Waals surface area contributed by atoms with Gasteiger partial charge in [-0.25, -0.2) is 9.18 Å². The van der Waals surface area contributed by atoms with E-state index in [4.69, 9.17) is 11.6 Å². The molecule has 0 aromatic heterocycles. The number of nitrogens with one attached hydrogen (secondary N) is 1. The number of amides is 2. The second kappa shape index (κ2) is 9.14. The average Bonchev–Trinajstić information content (AvgIpc) is 2.73. The second-order valence-electron chi connectivity index (χ2n) is 8.11. The second-order valence-corrected chi connectivity index (χ2v) is 8.51. The number of carbonyl (C=O) groups is 1. The molecule has 2 saturated heterocycles. The van der Waals surface area contributed by atoms with Crippen molar-refractivity contribution in [3.8, 4) is 0 Å². The van der Waals surface area contributed by atoms with E-state index >= 15 is 0 Å². The first-order chi connectivity index (χ1) is 14.1. The Hall–Kier alpha value is -2.11. The van der Waals surface area contributed by atoms with Crippen molar-refractivity contribution in [3.63, 3.8) is 0 Å². The summed E-state index contributed by atoms with van der Waals surface area (Å²) < 4.78 is 13.5. The van der Waals surface area contributed by atoms with Gasteiger partial charge in [-0.3, -0.25) is 4.90 Å². The normalized spacial score (nSPS) is 21.2. The van der Waals surface area contributed by atoms with Crippen molar-refractivity contribution in [3.05, 3.63) is 64.9 Å². The van der Waals surface area contributed by atoms with E-state index in [0.717, 1.165) is 63.1 Å². The van der Waals surface area contributed by atoms with Gasteiger partial charge in [0, 0.05) is 29.8 Å². The number of piperidine rings is 1. The number of para-hydroxylation sites is 1. The quantitative estimate of drug-likeness (QED) is 0.766. The van der Waals surface area contributed by atoms with Crippen LogP contribution in [0, 0.1) is 11.7 Å². The van der Waals surface area contributed by atoms with E-state index < -0.39 is 0 Å². The molecule has 2 aliphatic rings. The molecule has 1 atom stereocenters. The van der Waals surface area contributed by atoms with Crippen molar-refractivity contribution >= 4 is 23.3 Å². The number of anilines is 1. The minimum atomic E-state index is -0.223. The third kappa shape index (κ3) is 5.09. The van der Waals surface area contributed by atoms with Crippen LogP contribution in [0.1, 0.15) is 24.8 Å². The molecule has 4 nitrogen and oxygen atoms in total. The Balaban J connectivity index is 1.24. The van der Waals surface area contributed by atoms with Crippen LogP contribution in [0.25, 0.3) is 0 Å². The van der Waals surface area contributed by atoms with Crippen LogP contribution < -0.4 is 10.2 Å². The first-order valence-electron chi connectivity index (χ1n) is 10.4. The van der Waals surface area contributed by atoms with Crippen molar-refractivity contribution in [1.29, 1.82) is 0 Å². The Morgan fingerprint density at radius 3 is 2.52 bits per heavy atom. The summed E-state index contributed by atoms with van der Waals surface area (Å²) >= 11 is 6.22. The third-order valence-electron chi connectivity index (χ3n) is 6.04. The molecule has 2 fully saturated rings. The summed E-state index contributed by atoms with van der Waals surface area (Å²) in [6.07, 6.45) is 3.92. The number of urea groups is 1. The van der Waals surface area contributed by atoms with Gasteiger partial charge in [0.1, 0.15) is 5.82 Å². The van der Waals surface area contributed by atoms with Gasteiger partial charge in [-0.1, -0.05) is 29.8 Å². The van der Waals surface area contributed by atoms with Crippen LogP contribution in [0.3, 0.4) is 0 Å². The van der Waals surface area contributed by atoms with Crippen LogP contribution in [0.15, 0.2) is 48.5 Å². The SMILES string of the molecule is O=C1NC(CN2CCC(Cc3cc(F)ccc3Cl)CC2)CCN1c1ccccc1. The molecule has 0 aliphatic carbocycles. The summed E-state index contributed by atoms with van der Waals surface area (Å²) in [6.45, 7) is 3.65. The smallest absolute Gasteiger partial charge is 0.322 e. The van der Waals surface area contributed by atoms with Gasteiger partial charge in [0.15, 0.2) is 0 Å². The highest BCUT2D eigenvalue weighted by Crippen LogP contribution is 2.27. The van der Waals surface area contributed by atoms with Gasteiger partial charge in [-0.15, -0.1) is 0 Å². The molecular weight excluding hydrogens is 389 g/mol. The Morgan fingerprint density at radius 2 is 1.79 bits per heavy atom. The summed E-state index contributed by atoms with van der Waals surface area (Å²) in [7, 11) is 0. The lowest BCUT2D eigenvalue weighted by Crippen LogP contribution is -2.56. The molecule has 2 heterocycles. The Kier molecular flexibility index (Phi) is 6.36. The van der Waals surface area contributed by atoms with E-state index in [-0.39, 0.29) is 17.9 Å². The van der Waals surface area contributed by atoms with Crippen LogP contribution in [0.4, 0.5) is 14.9 Å². The molecule has 0 spiro atoms. The van der Waals surface area contributed by atoms with Crippen molar-refractivity contribution < 1.29 is 9.18 Å². The zero-order chi connectivity index (χ0) is 20.2. The molecule has 0 radical (unpaired) electrons. The average molecular weight is 416 g/mol. The predicted molar refractivity (Wildman–Crippen MR) is 115 cm³/mol. The number of hydrogen-bond acceptors (Lipinski definition) is 2. The molecule has 2 aromatic carbocycles. The lowest BCUT2D eigenvalue weighted by atomic mass is 9.90. The van der Waals surface area contributed by atoms with Crippen LogP contribution >= 0.6 is 11.6 Å². The molecule has 0 saturated carbocycles. The Bertz CT molecular complexity index is 839. The lowest BCUT2D eigenvalue weighted by Gasteiger charge is -2.38. The van der Waals surface area contributed by atoms with Gasteiger partial charge in [0.05, 0.1) is 0 Å². The fourth-order valence-corrected chi connectivity index (χ4v) is 4.59. The summed E-state index contributed by atoms with van der Waals surface area (Å²) in [4.78, 5) is 16.8. The van der Waals surface area contributed by atoms with Gasteiger partial charge < -0.3 is 10.2 Å². The van der Waals surface area contributed by atoms with Gasteiger partial charge in [0.2, 0.25) is 0 Å². The van der Waals surface area contributed by atoms with Crippen LogP contribution in [0.2, 0.25) is 5.02 Å². The van der Waals surface area contributed by atoms with Gasteiger partial charge in [-0.2, -0.15) is 0 Å². The van der Waals surface area contributed by atoms with Gasteiger partial charge in [0.25, 0.3) is 0 Å². The maximum Gasteiger partial charge on any atom is 0.322 e. The first kappa shape index (κ1) is 20.2. The number of halogens is 2. The fourth-order valence-electron chi connectivity index (χ4n) is 4.40. The molecule has 1 N–H and O–H groups in total. The molecule has 2 aromatic rings. The number of rotatable bonds is 5. The third-order valence-corrected chi connectivity index (χ3v) is 6.41. The summed E-state index contributed by atoms with van der Waals surface area (Å²) in [5.41, 5.74) is 1.85.